The smallest absolute Gasteiger partial charge is 0.122 e. The summed E-state index contributed by atoms with van der Waals surface area (Å²) in [6.07, 6.45) is 6.90. The zero-order valence-corrected chi connectivity index (χ0v) is 9.54. The molecule has 0 spiro atoms. The van der Waals surface area contributed by atoms with Crippen LogP contribution in [0, 0.1) is 12.8 Å². The minimum Gasteiger partial charge on any atom is -0.493 e. The zero-order valence-electron chi connectivity index (χ0n) is 9.54. The molecule has 0 radical (unpaired) electrons. The van der Waals surface area contributed by atoms with Gasteiger partial charge in [-0.15, -0.1) is 0 Å². The maximum absolute atomic E-state index is 5.88. The molecule has 0 aliphatic heterocycles. The highest BCUT2D eigenvalue weighted by Crippen LogP contribution is 2.25. The van der Waals surface area contributed by atoms with Crippen LogP contribution in [0.3, 0.4) is 0 Å². The molecule has 82 valence electrons. The number of ether oxygens (including phenoxy) is 1. The molecule has 0 atom stereocenters. The van der Waals surface area contributed by atoms with Crippen LogP contribution in [0.5, 0.6) is 5.75 Å². The predicted molar refractivity (Wildman–Crippen MR) is 63.2 cm³/mol. The minimum absolute atomic E-state index is 0.790. The summed E-state index contributed by atoms with van der Waals surface area (Å²) in [4.78, 5) is 0. The number of para-hydroxylation sites is 1. The standard InChI is InChI=1S/C14H20O/c1-12-7-5-6-10-14(12)15-11-13-8-3-2-4-9-13/h5-7,10,13H,2-4,8-9,11H2,1H3. The summed E-state index contributed by atoms with van der Waals surface area (Å²) >= 11 is 0. The first-order valence-electron chi connectivity index (χ1n) is 6.04. The molecular weight excluding hydrogens is 184 g/mol. The maximum atomic E-state index is 5.88. The Hall–Kier alpha value is -0.980. The van der Waals surface area contributed by atoms with Gasteiger partial charge in [0.25, 0.3) is 0 Å². The van der Waals surface area contributed by atoms with Gasteiger partial charge in [-0.05, 0) is 37.3 Å². The van der Waals surface area contributed by atoms with Gasteiger partial charge in [0.2, 0.25) is 0 Å². The summed E-state index contributed by atoms with van der Waals surface area (Å²) in [6, 6.07) is 8.28. The monoisotopic (exact) mass is 204 g/mol. The number of benzene rings is 1. The SMILES string of the molecule is Cc1ccccc1OCC1CCCCC1. The molecule has 1 aliphatic rings. The quantitative estimate of drug-likeness (QED) is 0.724. The summed E-state index contributed by atoms with van der Waals surface area (Å²) in [7, 11) is 0. The zero-order chi connectivity index (χ0) is 10.5. The highest BCUT2D eigenvalue weighted by atomic mass is 16.5. The third-order valence-electron chi connectivity index (χ3n) is 3.29. The Morgan fingerprint density at radius 3 is 2.60 bits per heavy atom. The Morgan fingerprint density at radius 2 is 1.87 bits per heavy atom. The van der Waals surface area contributed by atoms with Gasteiger partial charge in [0.1, 0.15) is 5.75 Å². The van der Waals surface area contributed by atoms with Gasteiger partial charge in [-0.2, -0.15) is 0 Å². The van der Waals surface area contributed by atoms with E-state index in [1.807, 2.05) is 6.07 Å². The van der Waals surface area contributed by atoms with E-state index in [-0.39, 0.29) is 0 Å². The molecule has 0 N–H and O–H groups in total. The second-order valence-corrected chi connectivity index (χ2v) is 4.58. The third kappa shape index (κ3) is 2.98. The van der Waals surface area contributed by atoms with Crippen LogP contribution in [-0.4, -0.2) is 6.61 Å². The molecule has 0 amide bonds. The molecule has 1 saturated carbocycles. The number of aryl methyl sites for hydroxylation is 1. The molecule has 1 aliphatic carbocycles. The van der Waals surface area contributed by atoms with Gasteiger partial charge >= 0.3 is 0 Å². The van der Waals surface area contributed by atoms with Crippen molar-refractivity contribution in [3.05, 3.63) is 29.8 Å². The molecule has 1 heteroatoms. The van der Waals surface area contributed by atoms with Crippen molar-refractivity contribution in [2.75, 3.05) is 6.61 Å². The molecule has 1 fully saturated rings. The molecule has 0 saturated heterocycles. The van der Waals surface area contributed by atoms with Crippen molar-refractivity contribution in [2.45, 2.75) is 39.0 Å². The van der Waals surface area contributed by atoms with Crippen LogP contribution in [0.4, 0.5) is 0 Å². The van der Waals surface area contributed by atoms with Crippen LogP contribution in [0.15, 0.2) is 24.3 Å². The van der Waals surface area contributed by atoms with Gasteiger partial charge in [0, 0.05) is 0 Å². The normalized spacial score (nSPS) is 17.7. The fourth-order valence-corrected chi connectivity index (χ4v) is 2.28. The molecule has 0 bridgehead atoms. The first-order valence-corrected chi connectivity index (χ1v) is 6.04. The lowest BCUT2D eigenvalue weighted by atomic mass is 9.90. The topological polar surface area (TPSA) is 9.23 Å². The Labute approximate surface area is 92.5 Å². The van der Waals surface area contributed by atoms with Gasteiger partial charge in [-0.1, -0.05) is 37.5 Å². The maximum Gasteiger partial charge on any atom is 0.122 e. The first-order chi connectivity index (χ1) is 7.36. The Kier molecular flexibility index (Phi) is 3.65. The summed E-state index contributed by atoms with van der Waals surface area (Å²) in [5, 5.41) is 0. The van der Waals surface area contributed by atoms with E-state index < -0.39 is 0 Å². The van der Waals surface area contributed by atoms with Crippen molar-refractivity contribution in [3.8, 4) is 5.75 Å². The lowest BCUT2D eigenvalue weighted by Gasteiger charge is -2.22. The molecule has 0 aromatic heterocycles. The van der Waals surface area contributed by atoms with Crippen LogP contribution in [-0.2, 0) is 0 Å². The van der Waals surface area contributed by atoms with E-state index in [1.165, 1.54) is 37.7 Å². The van der Waals surface area contributed by atoms with Gasteiger partial charge in [0.05, 0.1) is 6.61 Å². The van der Waals surface area contributed by atoms with E-state index in [4.69, 9.17) is 4.74 Å². The molecular formula is C14H20O. The first kappa shape index (κ1) is 10.5. The molecule has 2 rings (SSSR count). The van der Waals surface area contributed by atoms with E-state index in [1.54, 1.807) is 0 Å². The van der Waals surface area contributed by atoms with Crippen molar-refractivity contribution >= 4 is 0 Å². The van der Waals surface area contributed by atoms with Crippen molar-refractivity contribution in [2.24, 2.45) is 5.92 Å². The summed E-state index contributed by atoms with van der Waals surface area (Å²) in [5.74, 6) is 1.85. The lowest BCUT2D eigenvalue weighted by Crippen LogP contribution is -2.15. The van der Waals surface area contributed by atoms with Crippen LogP contribution in [0.2, 0.25) is 0 Å². The van der Waals surface area contributed by atoms with Crippen molar-refractivity contribution < 1.29 is 4.74 Å². The Bertz CT molecular complexity index is 300. The Balaban J connectivity index is 1.84. The average molecular weight is 204 g/mol. The average Bonchev–Trinajstić information content (AvgIpc) is 2.29. The molecule has 0 unspecified atom stereocenters. The van der Waals surface area contributed by atoms with Crippen LogP contribution >= 0.6 is 0 Å². The second kappa shape index (κ2) is 5.20. The fourth-order valence-electron chi connectivity index (χ4n) is 2.28. The van der Waals surface area contributed by atoms with Crippen LogP contribution in [0.1, 0.15) is 37.7 Å². The summed E-state index contributed by atoms with van der Waals surface area (Å²) in [6.45, 7) is 3.01. The van der Waals surface area contributed by atoms with Crippen LogP contribution in [0.25, 0.3) is 0 Å². The van der Waals surface area contributed by atoms with E-state index in [0.29, 0.717) is 0 Å². The molecule has 1 aromatic rings. The van der Waals surface area contributed by atoms with Crippen molar-refractivity contribution in [1.29, 1.82) is 0 Å². The highest BCUT2D eigenvalue weighted by molar-refractivity contribution is 5.31. The van der Waals surface area contributed by atoms with Gasteiger partial charge in [-0.25, -0.2) is 0 Å². The number of hydrogen-bond acceptors (Lipinski definition) is 1. The molecule has 0 heterocycles. The minimum atomic E-state index is 0.790. The largest absolute Gasteiger partial charge is 0.493 e. The fraction of sp³-hybridized carbons (Fsp3) is 0.571. The molecule has 1 nitrogen and oxygen atoms in total. The van der Waals surface area contributed by atoms with Gasteiger partial charge < -0.3 is 4.74 Å². The predicted octanol–water partition coefficient (Wildman–Crippen LogP) is 3.95. The number of rotatable bonds is 3. The van der Waals surface area contributed by atoms with E-state index >= 15 is 0 Å². The van der Waals surface area contributed by atoms with E-state index in [2.05, 4.69) is 25.1 Å². The van der Waals surface area contributed by atoms with Crippen LogP contribution < -0.4 is 4.74 Å². The lowest BCUT2D eigenvalue weighted by molar-refractivity contribution is 0.208. The molecule has 1 aromatic carbocycles. The van der Waals surface area contributed by atoms with Gasteiger partial charge in [0.15, 0.2) is 0 Å². The highest BCUT2D eigenvalue weighted by Gasteiger charge is 2.14. The summed E-state index contributed by atoms with van der Waals surface area (Å²) < 4.78 is 5.88. The van der Waals surface area contributed by atoms with Crippen molar-refractivity contribution in [1.82, 2.24) is 0 Å². The third-order valence-corrected chi connectivity index (χ3v) is 3.29. The van der Waals surface area contributed by atoms with E-state index in [0.717, 1.165) is 18.3 Å². The Morgan fingerprint density at radius 1 is 1.13 bits per heavy atom. The van der Waals surface area contributed by atoms with Gasteiger partial charge in [-0.3, -0.25) is 0 Å². The second-order valence-electron chi connectivity index (χ2n) is 4.58. The van der Waals surface area contributed by atoms with E-state index in [9.17, 15) is 0 Å². The number of hydrogen-bond donors (Lipinski definition) is 0. The van der Waals surface area contributed by atoms with Crippen molar-refractivity contribution in [3.63, 3.8) is 0 Å². The molecule has 15 heavy (non-hydrogen) atoms. The summed E-state index contributed by atoms with van der Waals surface area (Å²) in [5.41, 5.74) is 1.24.